The summed E-state index contributed by atoms with van der Waals surface area (Å²) in [4.78, 5) is 24.1. The minimum Gasteiger partial charge on any atom is -0.480 e. The number of hydrogen-bond donors (Lipinski definition) is 4. The molecule has 0 aliphatic rings. The summed E-state index contributed by atoms with van der Waals surface area (Å²) < 4.78 is 21.7. The van der Waals surface area contributed by atoms with E-state index in [0.717, 1.165) is 11.1 Å². The highest BCUT2D eigenvalue weighted by Gasteiger charge is 2.37. The summed E-state index contributed by atoms with van der Waals surface area (Å²) in [6, 6.07) is 5.06. The van der Waals surface area contributed by atoms with Crippen molar-refractivity contribution in [3.63, 3.8) is 0 Å². The molecule has 0 aliphatic carbocycles. The number of aromatic nitrogens is 4. The van der Waals surface area contributed by atoms with Crippen LogP contribution in [0.15, 0.2) is 30.9 Å². The van der Waals surface area contributed by atoms with E-state index in [0.29, 0.717) is 22.7 Å². The van der Waals surface area contributed by atoms with Gasteiger partial charge in [0.25, 0.3) is 0 Å². The first-order chi connectivity index (χ1) is 16.3. The van der Waals surface area contributed by atoms with E-state index < -0.39 is 25.1 Å². The van der Waals surface area contributed by atoms with Gasteiger partial charge in [0.1, 0.15) is 23.7 Å². The number of aliphatic carboxylic acids is 1. The third kappa shape index (κ3) is 6.56. The Labute approximate surface area is 208 Å². The van der Waals surface area contributed by atoms with Crippen LogP contribution in [0.25, 0.3) is 11.2 Å². The highest BCUT2D eigenvalue weighted by Crippen LogP contribution is 2.42. The lowest BCUT2D eigenvalue weighted by atomic mass is 10.0. The van der Waals surface area contributed by atoms with E-state index in [-0.39, 0.29) is 18.2 Å². The topological polar surface area (TPSA) is 157 Å². The lowest BCUT2D eigenvalue weighted by Gasteiger charge is -2.32. The normalized spacial score (nSPS) is 15.6. The van der Waals surface area contributed by atoms with Crippen molar-refractivity contribution in [2.24, 2.45) is 0 Å². The summed E-state index contributed by atoms with van der Waals surface area (Å²) >= 11 is 6.07. The zero-order chi connectivity index (χ0) is 26.0. The second-order valence-corrected chi connectivity index (χ2v) is 11.7. The van der Waals surface area contributed by atoms with Gasteiger partial charge in [-0.1, -0.05) is 17.7 Å². The van der Waals surface area contributed by atoms with E-state index in [1.807, 2.05) is 32.9 Å². The third-order valence-electron chi connectivity index (χ3n) is 5.52. The number of aryl methyl sites for hydroxylation is 1. The van der Waals surface area contributed by atoms with Crippen molar-refractivity contribution >= 4 is 42.0 Å². The molecule has 0 radical (unpaired) electrons. The van der Waals surface area contributed by atoms with Gasteiger partial charge in [-0.2, -0.15) is 0 Å². The molecule has 1 aromatic carbocycles. The Bertz CT molecular complexity index is 1270. The molecule has 0 amide bonds. The lowest BCUT2D eigenvalue weighted by Crippen LogP contribution is -2.48. The number of nitrogens with one attached hydrogen (secondary N) is 2. The number of hydrogen-bond acceptors (Lipinski definition) is 7. The zero-order valence-electron chi connectivity index (χ0n) is 20.3. The number of anilines is 1. The van der Waals surface area contributed by atoms with E-state index in [1.54, 1.807) is 17.0 Å². The number of carboxylic acids is 1. The van der Waals surface area contributed by atoms with E-state index in [2.05, 4.69) is 25.1 Å². The Morgan fingerprint density at radius 2 is 2.03 bits per heavy atom. The molecule has 0 bridgehead atoms. The number of fused-ring (bicyclic) bond motifs is 1. The van der Waals surface area contributed by atoms with Gasteiger partial charge in [0.05, 0.1) is 19.0 Å². The summed E-state index contributed by atoms with van der Waals surface area (Å²) in [5.74, 6) is -0.854. The monoisotopic (exact) mass is 523 g/mol. The molecule has 1 unspecified atom stereocenters. The molecule has 3 aromatic rings. The molecular weight excluding hydrogens is 493 g/mol. The maximum atomic E-state index is 14.0. The number of nitrogens with zero attached hydrogens (tertiary/aromatic N) is 4. The number of nitrogen functional groups attached to an aromatic ring is 1. The highest BCUT2D eigenvalue weighted by atomic mass is 35.5. The predicted octanol–water partition coefficient (Wildman–Crippen LogP) is 3.73. The fourth-order valence-corrected chi connectivity index (χ4v) is 6.36. The second-order valence-electron chi connectivity index (χ2n) is 9.07. The summed E-state index contributed by atoms with van der Waals surface area (Å²) in [7, 11) is -3.55. The van der Waals surface area contributed by atoms with Gasteiger partial charge in [-0.3, -0.25) is 9.36 Å². The van der Waals surface area contributed by atoms with E-state index in [1.165, 1.54) is 20.2 Å². The van der Waals surface area contributed by atoms with Crippen LogP contribution >= 0.6 is 19.0 Å². The average Bonchev–Trinajstić information content (AvgIpc) is 3.15. The standard InChI is InChI=1S/C22H31ClN7O4P/c1-13-8-16(23)6-7-17(13)15(3)28-35(33,29-22(4,5)21(31)32)12-34-14(2)9-30-11-27-18-19(24)25-10-26-20(18)30/h6-8,10-11,14-15H,9,12H2,1-5H3,(H,31,32)(H2,24,25,26)(H2,28,29,33)/t14-,15+,35?/m1/s1. The van der Waals surface area contributed by atoms with Gasteiger partial charge in [0.15, 0.2) is 11.5 Å². The number of carboxylic acid groups (broad SMARTS) is 1. The van der Waals surface area contributed by atoms with E-state index in [9.17, 15) is 14.5 Å². The van der Waals surface area contributed by atoms with Gasteiger partial charge in [-0.25, -0.2) is 25.1 Å². The van der Waals surface area contributed by atoms with Gasteiger partial charge >= 0.3 is 5.97 Å². The first-order valence-corrected chi connectivity index (χ1v) is 13.3. The Morgan fingerprint density at radius 3 is 2.69 bits per heavy atom. The average molecular weight is 524 g/mol. The van der Waals surface area contributed by atoms with Crippen molar-refractivity contribution in [3.05, 3.63) is 47.0 Å². The number of nitrogens with two attached hydrogens (primary N) is 1. The summed E-state index contributed by atoms with van der Waals surface area (Å²) in [6.07, 6.45) is 2.30. The number of carbonyl (C=O) groups is 1. The number of ether oxygens (including phenoxy) is 1. The van der Waals surface area contributed by atoms with Crippen LogP contribution in [0.1, 0.15) is 44.9 Å². The van der Waals surface area contributed by atoms with Gasteiger partial charge in [-0.15, -0.1) is 0 Å². The van der Waals surface area contributed by atoms with E-state index >= 15 is 0 Å². The fourth-order valence-electron chi connectivity index (χ4n) is 3.70. The van der Waals surface area contributed by atoms with Crippen molar-refractivity contribution in [1.29, 1.82) is 0 Å². The molecule has 0 saturated heterocycles. The fraction of sp³-hybridized carbons (Fsp3) is 0.455. The van der Waals surface area contributed by atoms with Crippen LogP contribution in [0.4, 0.5) is 5.82 Å². The zero-order valence-corrected chi connectivity index (χ0v) is 22.0. The van der Waals surface area contributed by atoms with Crippen LogP contribution in [0.5, 0.6) is 0 Å². The van der Waals surface area contributed by atoms with Crippen LogP contribution in [0.3, 0.4) is 0 Å². The van der Waals surface area contributed by atoms with Gasteiger partial charge in [0.2, 0.25) is 7.44 Å². The molecule has 0 saturated carbocycles. The molecule has 11 nitrogen and oxygen atoms in total. The lowest BCUT2D eigenvalue weighted by molar-refractivity contribution is -0.142. The van der Waals surface area contributed by atoms with Crippen LogP contribution < -0.4 is 15.9 Å². The SMILES string of the molecule is Cc1cc(Cl)ccc1[C@H](C)NP(=O)(CO[C@H](C)Cn1cnc2c(N)ncnc21)NC(C)(C)C(=O)O. The number of halogens is 1. The molecule has 2 heterocycles. The first-order valence-electron chi connectivity index (χ1n) is 11.0. The van der Waals surface area contributed by atoms with Crippen molar-refractivity contribution in [1.82, 2.24) is 29.7 Å². The predicted molar refractivity (Wildman–Crippen MR) is 135 cm³/mol. The van der Waals surface area contributed by atoms with Crippen molar-refractivity contribution in [2.45, 2.75) is 58.8 Å². The summed E-state index contributed by atoms with van der Waals surface area (Å²) in [6.45, 7) is 8.84. The van der Waals surface area contributed by atoms with Gasteiger partial charge in [-0.05, 0) is 57.9 Å². The minimum absolute atomic E-state index is 0.244. The molecule has 0 aliphatic heterocycles. The maximum Gasteiger partial charge on any atom is 0.323 e. The van der Waals surface area contributed by atoms with Crippen LogP contribution in [0, 0.1) is 6.92 Å². The molecule has 0 spiro atoms. The molecule has 2 aromatic heterocycles. The van der Waals surface area contributed by atoms with Crippen molar-refractivity contribution < 1.29 is 19.2 Å². The largest absolute Gasteiger partial charge is 0.480 e. The second kappa shape index (κ2) is 10.6. The Hall–Kier alpha value is -2.56. The maximum absolute atomic E-state index is 14.0. The Kier molecular flexibility index (Phi) is 8.18. The molecular formula is C22H31ClN7O4P. The van der Waals surface area contributed by atoms with Crippen LogP contribution in [-0.4, -0.2) is 48.6 Å². The molecule has 3 atom stereocenters. The molecule has 13 heteroatoms. The number of rotatable bonds is 11. The van der Waals surface area contributed by atoms with Crippen molar-refractivity contribution in [2.75, 3.05) is 12.1 Å². The van der Waals surface area contributed by atoms with Crippen LogP contribution in [-0.2, 0) is 20.6 Å². The quantitative estimate of drug-likeness (QED) is 0.273. The summed E-state index contributed by atoms with van der Waals surface area (Å²) in [5, 5.41) is 16.1. The van der Waals surface area contributed by atoms with Gasteiger partial charge < -0.3 is 20.1 Å². The van der Waals surface area contributed by atoms with Gasteiger partial charge in [0, 0.05) is 11.1 Å². The smallest absolute Gasteiger partial charge is 0.323 e. The molecule has 35 heavy (non-hydrogen) atoms. The minimum atomic E-state index is -3.55. The molecule has 3 rings (SSSR count). The molecule has 190 valence electrons. The molecule has 0 fully saturated rings. The Balaban J connectivity index is 1.77. The Morgan fingerprint density at radius 1 is 1.31 bits per heavy atom. The molecule has 5 N–H and O–H groups in total. The van der Waals surface area contributed by atoms with Crippen LogP contribution in [0.2, 0.25) is 5.02 Å². The highest BCUT2D eigenvalue weighted by molar-refractivity contribution is 7.59. The number of benzene rings is 1. The first kappa shape index (κ1) is 27.0. The van der Waals surface area contributed by atoms with E-state index in [4.69, 9.17) is 22.1 Å². The number of imidazole rings is 1. The third-order valence-corrected chi connectivity index (χ3v) is 7.99. The van der Waals surface area contributed by atoms with Crippen molar-refractivity contribution in [3.8, 4) is 0 Å². The summed E-state index contributed by atoms with van der Waals surface area (Å²) in [5.41, 5.74) is 7.25.